The lowest BCUT2D eigenvalue weighted by Gasteiger charge is -2.17. The zero-order valence-electron chi connectivity index (χ0n) is 13.3. The third-order valence-electron chi connectivity index (χ3n) is 3.39. The number of carbonyl (C=O) groups is 1. The number of rotatable bonds is 4. The van der Waals surface area contributed by atoms with Gasteiger partial charge < -0.3 is 0 Å². The predicted octanol–water partition coefficient (Wildman–Crippen LogP) is 3.86. The maximum Gasteiger partial charge on any atom is 0.253 e. The summed E-state index contributed by atoms with van der Waals surface area (Å²) in [5, 5.41) is 15.1. The van der Waals surface area contributed by atoms with Crippen LogP contribution in [0.1, 0.15) is 41.0 Å². The lowest BCUT2D eigenvalue weighted by molar-refractivity contribution is -0.126. The highest BCUT2D eigenvalue weighted by Crippen LogP contribution is 2.26. The summed E-state index contributed by atoms with van der Waals surface area (Å²) in [6.45, 7) is 9.43. The van der Waals surface area contributed by atoms with E-state index in [0.717, 1.165) is 16.9 Å². The van der Waals surface area contributed by atoms with Gasteiger partial charge in [-0.05, 0) is 51.8 Å². The van der Waals surface area contributed by atoms with Crippen LogP contribution in [0.2, 0.25) is 0 Å². The van der Waals surface area contributed by atoms with Crippen LogP contribution in [0.15, 0.2) is 51.8 Å². The molecule has 0 N–H and O–H groups in total. The Labute approximate surface area is 126 Å². The second-order valence-corrected chi connectivity index (χ2v) is 4.75. The highest BCUT2D eigenvalue weighted by Gasteiger charge is 2.29. The summed E-state index contributed by atoms with van der Waals surface area (Å²) in [4.78, 5) is 12.3. The van der Waals surface area contributed by atoms with Crippen molar-refractivity contribution < 1.29 is 4.79 Å². The van der Waals surface area contributed by atoms with E-state index in [-0.39, 0.29) is 12.3 Å². The molecule has 0 aromatic heterocycles. The molecular weight excluding hydrogens is 262 g/mol. The Kier molecular flexibility index (Phi) is 5.86. The molecule has 0 aromatic carbocycles. The van der Waals surface area contributed by atoms with Gasteiger partial charge in [-0.2, -0.15) is 15.4 Å². The van der Waals surface area contributed by atoms with Crippen LogP contribution in [0.3, 0.4) is 0 Å². The lowest BCUT2D eigenvalue weighted by Crippen LogP contribution is -2.22. The SMILES string of the molecule is C\C=C/C(C#N)=C(\C(C)=C/C)N1N=C(/C(C)=C/C)CC1=O. The number of amides is 1. The second-order valence-electron chi connectivity index (χ2n) is 4.75. The Bertz CT molecular complexity index is 625. The minimum atomic E-state index is -0.111. The Morgan fingerprint density at radius 3 is 2.43 bits per heavy atom. The minimum Gasteiger partial charge on any atom is -0.272 e. The first kappa shape index (κ1) is 16.6. The van der Waals surface area contributed by atoms with E-state index in [4.69, 9.17) is 0 Å². The summed E-state index contributed by atoms with van der Waals surface area (Å²) in [6.07, 6.45) is 7.55. The van der Waals surface area contributed by atoms with Gasteiger partial charge in [-0.25, -0.2) is 0 Å². The molecule has 1 amide bonds. The number of carbonyl (C=O) groups excluding carboxylic acids is 1. The number of hydrazone groups is 1. The van der Waals surface area contributed by atoms with Gasteiger partial charge in [0.25, 0.3) is 5.91 Å². The number of hydrogen-bond donors (Lipinski definition) is 0. The fourth-order valence-corrected chi connectivity index (χ4v) is 1.96. The van der Waals surface area contributed by atoms with E-state index in [1.165, 1.54) is 5.01 Å². The molecule has 0 bridgehead atoms. The fraction of sp³-hybridized carbons (Fsp3) is 0.353. The van der Waals surface area contributed by atoms with Crippen LogP contribution in [0, 0.1) is 11.3 Å². The molecule has 0 aromatic rings. The highest BCUT2D eigenvalue weighted by atomic mass is 16.2. The van der Waals surface area contributed by atoms with Gasteiger partial charge in [-0.1, -0.05) is 18.2 Å². The van der Waals surface area contributed by atoms with Crippen molar-refractivity contribution >= 4 is 11.6 Å². The van der Waals surface area contributed by atoms with Gasteiger partial charge in [0.05, 0.1) is 23.4 Å². The first-order valence-electron chi connectivity index (χ1n) is 6.94. The average Bonchev–Trinajstić information content (AvgIpc) is 2.87. The molecule has 4 nitrogen and oxygen atoms in total. The molecule has 1 aliphatic heterocycles. The maximum atomic E-state index is 12.3. The van der Waals surface area contributed by atoms with Crippen molar-refractivity contribution in [3.63, 3.8) is 0 Å². The minimum absolute atomic E-state index is 0.111. The summed E-state index contributed by atoms with van der Waals surface area (Å²) in [5.41, 5.74) is 3.57. The van der Waals surface area contributed by atoms with Crippen LogP contribution < -0.4 is 0 Å². The predicted molar refractivity (Wildman–Crippen MR) is 85.2 cm³/mol. The van der Waals surface area contributed by atoms with Gasteiger partial charge in [-0.3, -0.25) is 4.79 Å². The van der Waals surface area contributed by atoms with E-state index in [1.54, 1.807) is 12.2 Å². The molecule has 21 heavy (non-hydrogen) atoms. The fourth-order valence-electron chi connectivity index (χ4n) is 1.96. The molecule has 0 radical (unpaired) electrons. The molecule has 0 fully saturated rings. The molecule has 0 saturated carbocycles. The molecule has 0 unspecified atom stereocenters. The number of hydrogen-bond acceptors (Lipinski definition) is 3. The van der Waals surface area contributed by atoms with E-state index >= 15 is 0 Å². The molecule has 110 valence electrons. The van der Waals surface area contributed by atoms with Crippen LogP contribution in [0.4, 0.5) is 0 Å². The topological polar surface area (TPSA) is 56.5 Å². The van der Waals surface area contributed by atoms with Gasteiger partial charge >= 0.3 is 0 Å². The Hall–Kier alpha value is -2.41. The summed E-state index contributed by atoms with van der Waals surface area (Å²) >= 11 is 0. The number of nitrogens with zero attached hydrogens (tertiary/aromatic N) is 3. The highest BCUT2D eigenvalue weighted by molar-refractivity contribution is 6.13. The lowest BCUT2D eigenvalue weighted by atomic mass is 10.1. The van der Waals surface area contributed by atoms with E-state index in [0.29, 0.717) is 11.3 Å². The van der Waals surface area contributed by atoms with Gasteiger partial charge in [0, 0.05) is 0 Å². The molecule has 1 heterocycles. The summed E-state index contributed by atoms with van der Waals surface area (Å²) in [5.74, 6) is -0.111. The van der Waals surface area contributed by atoms with Crippen molar-refractivity contribution in [1.82, 2.24) is 5.01 Å². The van der Waals surface area contributed by atoms with Gasteiger partial charge in [-0.15, -0.1) is 0 Å². The number of allylic oxidation sites excluding steroid dienone is 7. The Balaban J connectivity index is 3.46. The molecule has 1 rings (SSSR count). The zero-order chi connectivity index (χ0) is 16.0. The largest absolute Gasteiger partial charge is 0.272 e. The second kappa shape index (κ2) is 7.39. The molecule has 1 aliphatic rings. The first-order valence-corrected chi connectivity index (χ1v) is 6.94. The van der Waals surface area contributed by atoms with Crippen LogP contribution in [-0.4, -0.2) is 16.6 Å². The Morgan fingerprint density at radius 1 is 1.29 bits per heavy atom. The van der Waals surface area contributed by atoms with Crippen molar-refractivity contribution in [3.05, 3.63) is 46.7 Å². The molecule has 4 heteroatoms. The molecule has 0 aliphatic carbocycles. The summed E-state index contributed by atoms with van der Waals surface area (Å²) < 4.78 is 0. The van der Waals surface area contributed by atoms with Crippen LogP contribution in [0.5, 0.6) is 0 Å². The average molecular weight is 283 g/mol. The summed E-state index contributed by atoms with van der Waals surface area (Å²) in [6, 6.07) is 2.15. The van der Waals surface area contributed by atoms with Gasteiger partial charge in [0.1, 0.15) is 6.07 Å². The standard InChI is InChI=1S/C17H21N3O/c1-6-9-14(11-18)17(13(5)8-3)20-16(21)10-15(19-20)12(4)7-2/h6-9H,10H2,1-5H3/b9-6-,12-7+,13-8-,17-14-. The normalized spacial score (nSPS) is 18.0. The van der Waals surface area contributed by atoms with Gasteiger partial charge in [0.2, 0.25) is 0 Å². The monoisotopic (exact) mass is 283 g/mol. The van der Waals surface area contributed by atoms with Crippen molar-refractivity contribution in [3.8, 4) is 6.07 Å². The van der Waals surface area contributed by atoms with Crippen molar-refractivity contribution in [1.29, 1.82) is 5.26 Å². The molecule has 0 spiro atoms. The number of nitriles is 1. The Morgan fingerprint density at radius 2 is 1.95 bits per heavy atom. The third-order valence-corrected chi connectivity index (χ3v) is 3.39. The zero-order valence-corrected chi connectivity index (χ0v) is 13.3. The van der Waals surface area contributed by atoms with Crippen LogP contribution in [-0.2, 0) is 4.79 Å². The molecule has 0 atom stereocenters. The molecule has 0 saturated heterocycles. The van der Waals surface area contributed by atoms with Gasteiger partial charge in [0.15, 0.2) is 0 Å². The van der Waals surface area contributed by atoms with E-state index in [2.05, 4.69) is 11.2 Å². The van der Waals surface area contributed by atoms with Crippen molar-refractivity contribution in [2.75, 3.05) is 0 Å². The van der Waals surface area contributed by atoms with Crippen molar-refractivity contribution in [2.24, 2.45) is 5.10 Å². The quantitative estimate of drug-likeness (QED) is 0.581. The third kappa shape index (κ3) is 3.57. The van der Waals surface area contributed by atoms with Crippen molar-refractivity contribution in [2.45, 2.75) is 41.0 Å². The van der Waals surface area contributed by atoms with E-state index < -0.39 is 0 Å². The smallest absolute Gasteiger partial charge is 0.253 e. The van der Waals surface area contributed by atoms with E-state index in [1.807, 2.05) is 46.8 Å². The first-order chi connectivity index (χ1) is 9.99. The maximum absolute atomic E-state index is 12.3. The van der Waals surface area contributed by atoms with Crippen LogP contribution >= 0.6 is 0 Å². The van der Waals surface area contributed by atoms with E-state index in [9.17, 15) is 10.1 Å². The molecular formula is C17H21N3O. The van der Waals surface area contributed by atoms with Crippen LogP contribution in [0.25, 0.3) is 0 Å². The summed E-state index contributed by atoms with van der Waals surface area (Å²) in [7, 11) is 0.